The lowest BCUT2D eigenvalue weighted by atomic mass is 9.87. The van der Waals surface area contributed by atoms with Crippen LogP contribution in [-0.2, 0) is 4.79 Å². The lowest BCUT2D eigenvalue weighted by Crippen LogP contribution is -2.16. The van der Waals surface area contributed by atoms with Crippen LogP contribution >= 0.6 is 11.6 Å². The third kappa shape index (κ3) is 3.05. The van der Waals surface area contributed by atoms with E-state index in [1.165, 1.54) is 19.1 Å². The van der Waals surface area contributed by atoms with Gasteiger partial charge in [0.15, 0.2) is 0 Å². The van der Waals surface area contributed by atoms with E-state index in [-0.39, 0.29) is 29.1 Å². The first kappa shape index (κ1) is 16.3. The van der Waals surface area contributed by atoms with Crippen molar-refractivity contribution >= 4 is 28.4 Å². The van der Waals surface area contributed by atoms with Crippen molar-refractivity contribution in [3.63, 3.8) is 0 Å². The summed E-state index contributed by atoms with van der Waals surface area (Å²) in [6, 6.07) is 13.8. The third-order valence-electron chi connectivity index (χ3n) is 3.92. The van der Waals surface area contributed by atoms with Crippen LogP contribution in [-0.4, -0.2) is 10.9 Å². The maximum absolute atomic E-state index is 12.5. The molecular formula is C19H15ClO4. The molecule has 0 aliphatic rings. The van der Waals surface area contributed by atoms with E-state index in [0.29, 0.717) is 10.4 Å². The fourth-order valence-electron chi connectivity index (χ4n) is 2.84. The zero-order chi connectivity index (χ0) is 17.3. The van der Waals surface area contributed by atoms with Crippen molar-refractivity contribution in [3.8, 4) is 5.75 Å². The lowest BCUT2D eigenvalue weighted by molar-refractivity contribution is -0.117. The molecule has 5 heteroatoms. The Bertz CT molecular complexity index is 960. The quantitative estimate of drug-likeness (QED) is 0.719. The highest BCUT2D eigenvalue weighted by atomic mass is 35.5. The van der Waals surface area contributed by atoms with Crippen molar-refractivity contribution in [2.45, 2.75) is 19.3 Å². The number of hydrogen-bond acceptors (Lipinski definition) is 4. The van der Waals surface area contributed by atoms with E-state index in [4.69, 9.17) is 16.0 Å². The van der Waals surface area contributed by atoms with Crippen molar-refractivity contribution in [1.29, 1.82) is 0 Å². The van der Waals surface area contributed by atoms with Crippen molar-refractivity contribution in [2.24, 2.45) is 0 Å². The van der Waals surface area contributed by atoms with Gasteiger partial charge in [0.25, 0.3) is 0 Å². The van der Waals surface area contributed by atoms with Crippen LogP contribution in [0.5, 0.6) is 5.75 Å². The molecule has 2 aromatic carbocycles. The number of halogens is 1. The van der Waals surface area contributed by atoms with Crippen LogP contribution in [0.15, 0.2) is 57.7 Å². The number of carbonyl (C=O) groups excluding carboxylic acids is 1. The van der Waals surface area contributed by atoms with Gasteiger partial charge in [-0.15, -0.1) is 0 Å². The van der Waals surface area contributed by atoms with Gasteiger partial charge in [0.05, 0.1) is 10.9 Å². The molecule has 0 saturated heterocycles. The van der Waals surface area contributed by atoms with Gasteiger partial charge >= 0.3 is 5.63 Å². The van der Waals surface area contributed by atoms with Gasteiger partial charge in [0.1, 0.15) is 17.1 Å². The Morgan fingerprint density at radius 1 is 1.21 bits per heavy atom. The summed E-state index contributed by atoms with van der Waals surface area (Å²) in [4.78, 5) is 24.2. The average molecular weight is 343 g/mol. The van der Waals surface area contributed by atoms with Gasteiger partial charge in [-0.25, -0.2) is 4.79 Å². The molecule has 1 aromatic heterocycles. The summed E-state index contributed by atoms with van der Waals surface area (Å²) >= 11 is 5.98. The van der Waals surface area contributed by atoms with Gasteiger partial charge in [-0.3, -0.25) is 4.79 Å². The molecule has 1 unspecified atom stereocenters. The standard InChI is InChI=1S/C19H15ClO4/c1-11(21)9-14(12-5-3-2-4-6-12)17-18(22)15-10-13(20)7-8-16(15)24-19(17)23/h2-8,10,14,22H,9H2,1H3. The summed E-state index contributed by atoms with van der Waals surface area (Å²) in [6.07, 6.45) is 0.0917. The largest absolute Gasteiger partial charge is 0.507 e. The molecule has 1 N–H and O–H groups in total. The second-order valence-electron chi connectivity index (χ2n) is 5.66. The molecule has 0 saturated carbocycles. The molecule has 3 aromatic rings. The summed E-state index contributed by atoms with van der Waals surface area (Å²) in [5.74, 6) is -0.865. The molecule has 0 spiro atoms. The van der Waals surface area contributed by atoms with Crippen molar-refractivity contribution in [2.75, 3.05) is 0 Å². The fourth-order valence-corrected chi connectivity index (χ4v) is 3.01. The lowest BCUT2D eigenvalue weighted by Gasteiger charge is -2.17. The monoisotopic (exact) mass is 342 g/mol. The maximum atomic E-state index is 12.5. The van der Waals surface area contributed by atoms with Crippen LogP contribution in [0.2, 0.25) is 5.02 Å². The van der Waals surface area contributed by atoms with Gasteiger partial charge in [-0.05, 0) is 30.7 Å². The molecule has 122 valence electrons. The number of Topliss-reactive ketones (excluding diaryl/α,β-unsaturated/α-hetero) is 1. The number of carbonyl (C=O) groups is 1. The minimum Gasteiger partial charge on any atom is -0.507 e. The summed E-state index contributed by atoms with van der Waals surface area (Å²) in [5.41, 5.74) is 0.431. The smallest absolute Gasteiger partial charge is 0.343 e. The van der Waals surface area contributed by atoms with E-state index in [1.807, 2.05) is 30.3 Å². The van der Waals surface area contributed by atoms with E-state index in [1.54, 1.807) is 6.07 Å². The number of fused-ring (bicyclic) bond motifs is 1. The topological polar surface area (TPSA) is 67.5 Å². The highest BCUT2D eigenvalue weighted by Crippen LogP contribution is 2.36. The van der Waals surface area contributed by atoms with E-state index in [0.717, 1.165) is 5.56 Å². The van der Waals surface area contributed by atoms with Crippen LogP contribution in [0.3, 0.4) is 0 Å². The number of rotatable bonds is 4. The molecule has 0 bridgehead atoms. The second-order valence-corrected chi connectivity index (χ2v) is 6.10. The summed E-state index contributed by atoms with van der Waals surface area (Å²) in [5, 5.41) is 11.4. The average Bonchev–Trinajstić information content (AvgIpc) is 2.55. The molecule has 0 aliphatic heterocycles. The molecular weight excluding hydrogens is 328 g/mol. The first-order chi connectivity index (χ1) is 11.5. The Morgan fingerprint density at radius 2 is 1.92 bits per heavy atom. The molecule has 1 atom stereocenters. The SMILES string of the molecule is CC(=O)CC(c1ccccc1)c1c(O)c2cc(Cl)ccc2oc1=O. The third-order valence-corrected chi connectivity index (χ3v) is 4.15. The van der Waals surface area contributed by atoms with Crippen LogP contribution in [0, 0.1) is 0 Å². The van der Waals surface area contributed by atoms with Crippen molar-refractivity contribution < 1.29 is 14.3 Å². The maximum Gasteiger partial charge on any atom is 0.343 e. The second kappa shape index (κ2) is 6.49. The number of hydrogen-bond donors (Lipinski definition) is 1. The zero-order valence-corrected chi connectivity index (χ0v) is 13.7. The Hall–Kier alpha value is -2.59. The molecule has 4 nitrogen and oxygen atoms in total. The Labute approximate surface area is 143 Å². The predicted molar refractivity (Wildman–Crippen MR) is 92.7 cm³/mol. The molecule has 0 fully saturated rings. The summed E-state index contributed by atoms with van der Waals surface area (Å²) < 4.78 is 5.33. The van der Waals surface area contributed by atoms with E-state index in [2.05, 4.69) is 0 Å². The summed E-state index contributed by atoms with van der Waals surface area (Å²) in [7, 11) is 0. The van der Waals surface area contributed by atoms with E-state index >= 15 is 0 Å². The summed E-state index contributed by atoms with van der Waals surface area (Å²) in [6.45, 7) is 1.45. The fraction of sp³-hybridized carbons (Fsp3) is 0.158. The number of benzene rings is 2. The normalized spacial score (nSPS) is 12.2. The molecule has 0 aliphatic carbocycles. The minimum absolute atomic E-state index is 0.0752. The van der Waals surface area contributed by atoms with Gasteiger partial charge < -0.3 is 9.52 Å². The van der Waals surface area contributed by atoms with Crippen LogP contribution in [0.4, 0.5) is 0 Å². The van der Waals surface area contributed by atoms with Gasteiger partial charge in [-0.2, -0.15) is 0 Å². The van der Waals surface area contributed by atoms with Crippen molar-refractivity contribution in [3.05, 3.63) is 75.1 Å². The highest BCUT2D eigenvalue weighted by molar-refractivity contribution is 6.31. The molecule has 0 radical (unpaired) electrons. The highest BCUT2D eigenvalue weighted by Gasteiger charge is 2.25. The predicted octanol–water partition coefficient (Wildman–Crippen LogP) is 4.26. The van der Waals surface area contributed by atoms with Crippen LogP contribution in [0.1, 0.15) is 30.4 Å². The van der Waals surface area contributed by atoms with Gasteiger partial charge in [-0.1, -0.05) is 41.9 Å². The van der Waals surface area contributed by atoms with Gasteiger partial charge in [0.2, 0.25) is 0 Å². The Kier molecular flexibility index (Phi) is 4.40. The number of aromatic hydroxyl groups is 1. The molecule has 3 rings (SSSR count). The minimum atomic E-state index is -0.655. The van der Waals surface area contributed by atoms with E-state index < -0.39 is 11.5 Å². The van der Waals surface area contributed by atoms with E-state index in [9.17, 15) is 14.7 Å². The van der Waals surface area contributed by atoms with Gasteiger partial charge in [0, 0.05) is 17.4 Å². The Balaban J connectivity index is 2.28. The number of ketones is 1. The zero-order valence-electron chi connectivity index (χ0n) is 13.0. The first-order valence-electron chi connectivity index (χ1n) is 7.47. The van der Waals surface area contributed by atoms with Crippen molar-refractivity contribution in [1.82, 2.24) is 0 Å². The molecule has 0 amide bonds. The van der Waals surface area contributed by atoms with Crippen LogP contribution < -0.4 is 5.63 Å². The molecule has 24 heavy (non-hydrogen) atoms. The Morgan fingerprint density at radius 3 is 2.58 bits per heavy atom. The first-order valence-corrected chi connectivity index (χ1v) is 7.84. The molecule has 1 heterocycles. The van der Waals surface area contributed by atoms with Crippen LogP contribution in [0.25, 0.3) is 11.0 Å².